The van der Waals surface area contributed by atoms with Gasteiger partial charge in [0.25, 0.3) is 0 Å². The van der Waals surface area contributed by atoms with Gasteiger partial charge in [-0.15, -0.1) is 0 Å². The molecule has 2 aliphatic heterocycles. The summed E-state index contributed by atoms with van der Waals surface area (Å²) in [5.41, 5.74) is 0. The van der Waals surface area contributed by atoms with E-state index in [1.54, 1.807) is 0 Å². The number of carbonyl (C=O) groups excluding carboxylic acids is 1. The first-order valence-electron chi connectivity index (χ1n) is 5.53. The lowest BCUT2D eigenvalue weighted by molar-refractivity contribution is -0.121. The van der Waals surface area contributed by atoms with Gasteiger partial charge in [-0.3, -0.25) is 9.69 Å². The van der Waals surface area contributed by atoms with Gasteiger partial charge in [0, 0.05) is 32.1 Å². The monoisotopic (exact) mass is 214 g/mol. The molecule has 0 radical (unpaired) electrons. The largest absolute Gasteiger partial charge is 0.389 e. The molecule has 0 aromatic carbocycles. The van der Waals surface area contributed by atoms with Crippen LogP contribution in [0, 0.1) is 0 Å². The summed E-state index contributed by atoms with van der Waals surface area (Å²) in [4.78, 5) is 13.4. The van der Waals surface area contributed by atoms with Crippen LogP contribution in [0.4, 0.5) is 0 Å². The van der Waals surface area contributed by atoms with Crippen LogP contribution in [-0.4, -0.2) is 58.9 Å². The number of rotatable bonds is 1. The quantitative estimate of drug-likeness (QED) is 0.507. The van der Waals surface area contributed by atoms with Gasteiger partial charge < -0.3 is 15.5 Å². The average Bonchev–Trinajstić information content (AvgIpc) is 2.41. The standard InChI is InChI=1S/C10H18N2O3/c13-8-5-12(6-9(8)14)7-2-1-3-11-10(15)4-7/h7-9,13-14H,1-6H2,(H,11,15)/t7?,8-,9+. The minimum Gasteiger partial charge on any atom is -0.389 e. The lowest BCUT2D eigenvalue weighted by Crippen LogP contribution is -2.36. The Balaban J connectivity index is 1.94. The van der Waals surface area contributed by atoms with Crippen molar-refractivity contribution in [2.45, 2.75) is 37.5 Å². The Bertz CT molecular complexity index is 237. The number of likely N-dealkylation sites (tertiary alicyclic amines) is 1. The van der Waals surface area contributed by atoms with Crippen molar-refractivity contribution in [2.75, 3.05) is 19.6 Å². The smallest absolute Gasteiger partial charge is 0.221 e. The highest BCUT2D eigenvalue weighted by molar-refractivity contribution is 5.76. The van der Waals surface area contributed by atoms with Crippen molar-refractivity contribution in [3.05, 3.63) is 0 Å². The van der Waals surface area contributed by atoms with Crippen molar-refractivity contribution in [3.8, 4) is 0 Å². The molecule has 3 atom stereocenters. The maximum Gasteiger partial charge on any atom is 0.221 e. The minimum absolute atomic E-state index is 0.0772. The lowest BCUT2D eigenvalue weighted by atomic mass is 10.1. The predicted octanol–water partition coefficient (Wildman–Crippen LogP) is -1.31. The molecule has 5 heteroatoms. The molecule has 1 amide bonds. The van der Waals surface area contributed by atoms with E-state index >= 15 is 0 Å². The summed E-state index contributed by atoms with van der Waals surface area (Å²) in [6.07, 6.45) is 1.10. The van der Waals surface area contributed by atoms with E-state index in [0.29, 0.717) is 19.5 Å². The molecule has 2 saturated heterocycles. The number of carbonyl (C=O) groups is 1. The third-order valence-corrected chi connectivity index (χ3v) is 3.26. The molecule has 1 unspecified atom stereocenters. The normalized spacial score (nSPS) is 38.8. The van der Waals surface area contributed by atoms with Crippen LogP contribution in [0.1, 0.15) is 19.3 Å². The van der Waals surface area contributed by atoms with Crippen molar-refractivity contribution < 1.29 is 15.0 Å². The number of β-amino-alcohol motifs (C(OH)–C–C–N with tert-alkyl or cyclic N) is 2. The molecule has 5 nitrogen and oxygen atoms in total. The van der Waals surface area contributed by atoms with Crippen LogP contribution < -0.4 is 5.32 Å². The Hall–Kier alpha value is -0.650. The summed E-state index contributed by atoms with van der Waals surface area (Å²) in [7, 11) is 0. The molecule has 0 bridgehead atoms. The van der Waals surface area contributed by atoms with Gasteiger partial charge >= 0.3 is 0 Å². The highest BCUT2D eigenvalue weighted by atomic mass is 16.3. The fourth-order valence-electron chi connectivity index (χ4n) is 2.36. The Morgan fingerprint density at radius 1 is 1.27 bits per heavy atom. The van der Waals surface area contributed by atoms with Gasteiger partial charge in [-0.05, 0) is 12.8 Å². The molecule has 2 fully saturated rings. The van der Waals surface area contributed by atoms with Crippen LogP contribution in [0.5, 0.6) is 0 Å². The fourth-order valence-corrected chi connectivity index (χ4v) is 2.36. The Morgan fingerprint density at radius 2 is 1.93 bits per heavy atom. The molecule has 0 aliphatic carbocycles. The zero-order valence-corrected chi connectivity index (χ0v) is 8.72. The summed E-state index contributed by atoms with van der Waals surface area (Å²) >= 11 is 0. The van der Waals surface area contributed by atoms with Gasteiger partial charge in [0.05, 0.1) is 12.2 Å². The first-order valence-corrected chi connectivity index (χ1v) is 5.53. The van der Waals surface area contributed by atoms with Crippen LogP contribution >= 0.6 is 0 Å². The first-order chi connectivity index (χ1) is 7.16. The minimum atomic E-state index is -0.656. The molecule has 86 valence electrons. The van der Waals surface area contributed by atoms with Gasteiger partial charge in [0.1, 0.15) is 0 Å². The number of hydrogen-bond acceptors (Lipinski definition) is 4. The zero-order chi connectivity index (χ0) is 10.8. The van der Waals surface area contributed by atoms with Crippen molar-refractivity contribution >= 4 is 5.91 Å². The summed E-state index contributed by atoms with van der Waals surface area (Å²) in [6, 6.07) is 0.180. The highest BCUT2D eigenvalue weighted by Gasteiger charge is 2.34. The van der Waals surface area contributed by atoms with Crippen LogP contribution in [0.2, 0.25) is 0 Å². The second kappa shape index (κ2) is 4.47. The van der Waals surface area contributed by atoms with E-state index in [1.165, 1.54) is 0 Å². The number of aliphatic hydroxyl groups excluding tert-OH is 2. The molecule has 3 N–H and O–H groups in total. The van der Waals surface area contributed by atoms with Gasteiger partial charge in [-0.25, -0.2) is 0 Å². The summed E-state index contributed by atoms with van der Waals surface area (Å²) in [5.74, 6) is 0.0772. The Kier molecular flexibility index (Phi) is 3.23. The molecular formula is C10H18N2O3. The predicted molar refractivity (Wildman–Crippen MR) is 54.2 cm³/mol. The van der Waals surface area contributed by atoms with Crippen LogP contribution in [0.25, 0.3) is 0 Å². The molecule has 0 spiro atoms. The third-order valence-electron chi connectivity index (χ3n) is 3.26. The van der Waals surface area contributed by atoms with E-state index in [4.69, 9.17) is 0 Å². The van der Waals surface area contributed by atoms with Crippen molar-refractivity contribution in [3.63, 3.8) is 0 Å². The van der Waals surface area contributed by atoms with E-state index in [-0.39, 0.29) is 11.9 Å². The summed E-state index contributed by atoms with van der Waals surface area (Å²) in [6.45, 7) is 1.71. The summed E-state index contributed by atoms with van der Waals surface area (Å²) < 4.78 is 0. The third kappa shape index (κ3) is 2.48. The number of amides is 1. The molecule has 15 heavy (non-hydrogen) atoms. The maximum absolute atomic E-state index is 11.4. The topological polar surface area (TPSA) is 72.8 Å². The average molecular weight is 214 g/mol. The molecular weight excluding hydrogens is 196 g/mol. The van der Waals surface area contributed by atoms with Gasteiger partial charge in [-0.2, -0.15) is 0 Å². The maximum atomic E-state index is 11.4. The van der Waals surface area contributed by atoms with Crippen LogP contribution in [0.15, 0.2) is 0 Å². The Morgan fingerprint density at radius 3 is 2.60 bits per heavy atom. The van der Waals surface area contributed by atoms with Gasteiger partial charge in [0.2, 0.25) is 5.91 Å². The molecule has 0 aromatic rings. The van der Waals surface area contributed by atoms with Crippen molar-refractivity contribution in [2.24, 2.45) is 0 Å². The summed E-state index contributed by atoms with van der Waals surface area (Å²) in [5, 5.41) is 21.7. The zero-order valence-electron chi connectivity index (χ0n) is 8.72. The first kappa shape index (κ1) is 10.9. The van der Waals surface area contributed by atoms with Crippen molar-refractivity contribution in [1.29, 1.82) is 0 Å². The van der Waals surface area contributed by atoms with Gasteiger partial charge in [0.15, 0.2) is 0 Å². The van der Waals surface area contributed by atoms with Crippen LogP contribution in [-0.2, 0) is 4.79 Å². The SMILES string of the molecule is O=C1CC(N2C[C@@H](O)[C@@H](O)C2)CCCN1. The van der Waals surface area contributed by atoms with E-state index < -0.39 is 12.2 Å². The molecule has 2 aliphatic rings. The van der Waals surface area contributed by atoms with E-state index in [1.807, 2.05) is 4.90 Å². The highest BCUT2D eigenvalue weighted by Crippen LogP contribution is 2.20. The molecule has 0 aromatic heterocycles. The van der Waals surface area contributed by atoms with Crippen molar-refractivity contribution in [1.82, 2.24) is 10.2 Å². The second-order valence-corrected chi connectivity index (χ2v) is 4.44. The van der Waals surface area contributed by atoms with E-state index in [0.717, 1.165) is 19.4 Å². The molecule has 2 heterocycles. The fraction of sp³-hybridized carbons (Fsp3) is 0.900. The number of aliphatic hydroxyl groups is 2. The Labute approximate surface area is 89.1 Å². The van der Waals surface area contributed by atoms with Crippen LogP contribution in [0.3, 0.4) is 0 Å². The number of nitrogens with zero attached hydrogens (tertiary/aromatic N) is 1. The van der Waals surface area contributed by atoms with Gasteiger partial charge in [-0.1, -0.05) is 0 Å². The van der Waals surface area contributed by atoms with E-state index in [2.05, 4.69) is 5.32 Å². The number of hydrogen-bond donors (Lipinski definition) is 3. The van der Waals surface area contributed by atoms with E-state index in [9.17, 15) is 15.0 Å². The molecule has 0 saturated carbocycles. The lowest BCUT2D eigenvalue weighted by Gasteiger charge is -2.25. The second-order valence-electron chi connectivity index (χ2n) is 4.44. The molecule has 2 rings (SSSR count). The number of nitrogens with one attached hydrogen (secondary N) is 1.